The van der Waals surface area contributed by atoms with Crippen LogP contribution >= 0.6 is 0 Å². The number of benzene rings is 1. The van der Waals surface area contributed by atoms with Crippen molar-refractivity contribution in [2.45, 2.75) is 12.1 Å². The zero-order valence-electron chi connectivity index (χ0n) is 13.3. The molecule has 3 heterocycles. The van der Waals surface area contributed by atoms with Crippen molar-refractivity contribution in [1.29, 1.82) is 0 Å². The Bertz CT molecular complexity index is 960. The number of aromatic nitrogens is 4. The van der Waals surface area contributed by atoms with E-state index in [1.807, 2.05) is 4.90 Å². The summed E-state index contributed by atoms with van der Waals surface area (Å²) < 4.78 is 67.0. The molecule has 1 fully saturated rings. The smallest absolute Gasteiger partial charge is 0.351 e. The minimum absolute atomic E-state index is 0.0206. The monoisotopic (exact) mass is 372 g/mol. The van der Waals surface area contributed by atoms with E-state index in [0.29, 0.717) is 43.2 Å². The second-order valence-corrected chi connectivity index (χ2v) is 5.97. The lowest BCUT2D eigenvalue weighted by molar-refractivity contribution is -0.289. The average Bonchev–Trinajstić information content (AvgIpc) is 3.10. The van der Waals surface area contributed by atoms with E-state index in [0.717, 1.165) is 12.1 Å². The van der Waals surface area contributed by atoms with Crippen LogP contribution in [-0.4, -0.2) is 51.9 Å². The normalized spacial score (nSPS) is 16.6. The highest BCUT2D eigenvalue weighted by Gasteiger charge is 2.58. The van der Waals surface area contributed by atoms with Gasteiger partial charge in [-0.1, -0.05) is 6.07 Å². The predicted molar refractivity (Wildman–Crippen MR) is 83.3 cm³/mol. The van der Waals surface area contributed by atoms with Gasteiger partial charge in [-0.15, -0.1) is 10.2 Å². The molecule has 11 heteroatoms. The van der Waals surface area contributed by atoms with Crippen LogP contribution in [0, 0.1) is 0 Å². The summed E-state index contributed by atoms with van der Waals surface area (Å²) in [5.74, 6) is -4.55. The van der Waals surface area contributed by atoms with Gasteiger partial charge >= 0.3 is 12.1 Å². The zero-order chi connectivity index (χ0) is 18.5. The number of fused-ring (bicyclic) bond motifs is 3. The number of anilines is 1. The van der Waals surface area contributed by atoms with Gasteiger partial charge in [-0.2, -0.15) is 22.0 Å². The highest BCUT2D eigenvalue weighted by Crippen LogP contribution is 2.44. The first-order valence-corrected chi connectivity index (χ1v) is 7.83. The molecular weight excluding hydrogens is 359 g/mol. The topological polar surface area (TPSA) is 58.4 Å². The average molecular weight is 372 g/mol. The molecule has 0 bridgehead atoms. The van der Waals surface area contributed by atoms with E-state index in [1.165, 1.54) is 16.8 Å². The van der Waals surface area contributed by atoms with Crippen LogP contribution in [0.5, 0.6) is 0 Å². The van der Waals surface area contributed by atoms with Crippen LogP contribution in [0.15, 0.2) is 24.5 Å². The molecule has 0 radical (unpaired) electrons. The number of hydrogen-bond donors (Lipinski definition) is 1. The van der Waals surface area contributed by atoms with Crippen LogP contribution in [0.4, 0.5) is 27.8 Å². The lowest BCUT2D eigenvalue weighted by Gasteiger charge is -2.28. The molecule has 3 aromatic rings. The third-order valence-electron chi connectivity index (χ3n) is 4.34. The van der Waals surface area contributed by atoms with Crippen LogP contribution in [0.25, 0.3) is 16.7 Å². The molecule has 1 N–H and O–H groups in total. The second-order valence-electron chi connectivity index (χ2n) is 5.97. The van der Waals surface area contributed by atoms with Gasteiger partial charge in [0.25, 0.3) is 0 Å². The summed E-state index contributed by atoms with van der Waals surface area (Å²) in [6.45, 7) is 2.62. The third kappa shape index (κ3) is 2.54. The summed E-state index contributed by atoms with van der Waals surface area (Å²) >= 11 is 0. The van der Waals surface area contributed by atoms with Crippen molar-refractivity contribution >= 4 is 22.5 Å². The van der Waals surface area contributed by atoms with E-state index in [4.69, 9.17) is 0 Å². The van der Waals surface area contributed by atoms with Crippen molar-refractivity contribution in [2.24, 2.45) is 0 Å². The molecule has 1 saturated heterocycles. The van der Waals surface area contributed by atoms with E-state index in [2.05, 4.69) is 20.5 Å². The first-order valence-electron chi connectivity index (χ1n) is 7.83. The van der Waals surface area contributed by atoms with Gasteiger partial charge in [-0.3, -0.25) is 4.40 Å². The molecule has 1 aliphatic heterocycles. The van der Waals surface area contributed by atoms with Gasteiger partial charge in [0, 0.05) is 31.7 Å². The largest absolute Gasteiger partial charge is 0.458 e. The maximum atomic E-state index is 13.7. The number of halogens is 5. The van der Waals surface area contributed by atoms with Crippen molar-refractivity contribution in [3.05, 3.63) is 30.1 Å². The molecule has 6 nitrogen and oxygen atoms in total. The summed E-state index contributed by atoms with van der Waals surface area (Å²) in [7, 11) is 0. The summed E-state index contributed by atoms with van der Waals surface area (Å²) in [5, 5.41) is 11.0. The number of nitrogens with zero attached hydrogens (tertiary/aromatic N) is 5. The second kappa shape index (κ2) is 5.73. The van der Waals surface area contributed by atoms with Crippen LogP contribution in [-0.2, 0) is 5.92 Å². The van der Waals surface area contributed by atoms with Gasteiger partial charge in [0.05, 0.1) is 11.0 Å². The van der Waals surface area contributed by atoms with Crippen molar-refractivity contribution in [2.75, 3.05) is 31.1 Å². The molecule has 1 aromatic carbocycles. The Hall–Kier alpha value is -2.56. The van der Waals surface area contributed by atoms with Gasteiger partial charge in [-0.25, -0.2) is 4.98 Å². The number of rotatable bonds is 2. The van der Waals surface area contributed by atoms with Gasteiger partial charge in [0.2, 0.25) is 5.65 Å². The van der Waals surface area contributed by atoms with Crippen LogP contribution in [0.2, 0.25) is 0 Å². The molecular formula is C15H13F5N6. The van der Waals surface area contributed by atoms with E-state index in [1.54, 1.807) is 0 Å². The fourth-order valence-corrected chi connectivity index (χ4v) is 2.99. The molecule has 26 heavy (non-hydrogen) atoms. The Morgan fingerprint density at radius 2 is 1.77 bits per heavy atom. The molecule has 0 saturated carbocycles. The Labute approximate surface area is 143 Å². The van der Waals surface area contributed by atoms with E-state index < -0.39 is 17.7 Å². The third-order valence-corrected chi connectivity index (χ3v) is 4.34. The number of nitrogens with one attached hydrogen (secondary N) is 1. The first-order chi connectivity index (χ1) is 12.3. The minimum Gasteiger partial charge on any atom is -0.351 e. The number of piperazine rings is 1. The summed E-state index contributed by atoms with van der Waals surface area (Å²) in [5.41, 5.74) is -0.351. The maximum Gasteiger partial charge on any atom is 0.458 e. The molecule has 138 valence electrons. The molecule has 0 unspecified atom stereocenters. The van der Waals surface area contributed by atoms with E-state index in [-0.39, 0.29) is 5.52 Å². The van der Waals surface area contributed by atoms with Gasteiger partial charge in [0.15, 0.2) is 5.82 Å². The van der Waals surface area contributed by atoms with Crippen molar-refractivity contribution in [3.8, 4) is 0 Å². The molecule has 2 aromatic heterocycles. The molecule has 0 aliphatic carbocycles. The molecule has 0 spiro atoms. The predicted octanol–water partition coefficient (Wildman–Crippen LogP) is 2.34. The van der Waals surface area contributed by atoms with Crippen LogP contribution in [0.3, 0.4) is 0 Å². The Morgan fingerprint density at radius 3 is 2.46 bits per heavy atom. The quantitative estimate of drug-likeness (QED) is 0.700. The standard InChI is InChI=1S/C15H13F5N6/c16-14(17,15(18,19)20)9-1-2-11-10(7-9)23-12(13-24-22-8-26(11)13)25-5-3-21-4-6-25/h1-2,7-8,21H,3-6H2. The highest BCUT2D eigenvalue weighted by molar-refractivity contribution is 5.83. The summed E-state index contributed by atoms with van der Waals surface area (Å²) in [4.78, 5) is 6.23. The van der Waals surface area contributed by atoms with Gasteiger partial charge in [0.1, 0.15) is 6.33 Å². The number of alkyl halides is 5. The fourth-order valence-electron chi connectivity index (χ4n) is 2.99. The first kappa shape index (κ1) is 16.9. The Morgan fingerprint density at radius 1 is 1.04 bits per heavy atom. The van der Waals surface area contributed by atoms with Gasteiger partial charge in [-0.05, 0) is 12.1 Å². The number of hydrogen-bond acceptors (Lipinski definition) is 5. The van der Waals surface area contributed by atoms with E-state index >= 15 is 0 Å². The highest BCUT2D eigenvalue weighted by atomic mass is 19.4. The summed E-state index contributed by atoms with van der Waals surface area (Å²) in [6, 6.07) is 2.70. The minimum atomic E-state index is -5.68. The van der Waals surface area contributed by atoms with Gasteiger partial charge < -0.3 is 10.2 Å². The Balaban J connectivity index is 1.91. The lowest BCUT2D eigenvalue weighted by Crippen LogP contribution is -2.44. The Kier molecular flexibility index (Phi) is 3.72. The van der Waals surface area contributed by atoms with Crippen LogP contribution < -0.4 is 10.2 Å². The van der Waals surface area contributed by atoms with Crippen LogP contribution in [0.1, 0.15) is 5.56 Å². The van der Waals surface area contributed by atoms with Crippen molar-refractivity contribution in [3.63, 3.8) is 0 Å². The van der Waals surface area contributed by atoms with Crippen molar-refractivity contribution in [1.82, 2.24) is 24.9 Å². The maximum absolute atomic E-state index is 13.7. The summed E-state index contributed by atoms with van der Waals surface area (Å²) in [6.07, 6.45) is -4.30. The fraction of sp³-hybridized carbons (Fsp3) is 0.400. The molecule has 4 rings (SSSR count). The lowest BCUT2D eigenvalue weighted by atomic mass is 10.1. The van der Waals surface area contributed by atoms with E-state index in [9.17, 15) is 22.0 Å². The van der Waals surface area contributed by atoms with Crippen molar-refractivity contribution < 1.29 is 22.0 Å². The zero-order valence-corrected chi connectivity index (χ0v) is 13.3. The SMILES string of the molecule is FC(F)(F)C(F)(F)c1ccc2c(c1)nc(N1CCNCC1)c1nncn12. The molecule has 1 aliphatic rings. The molecule has 0 atom stereocenters. The molecule has 0 amide bonds.